The fourth-order valence-electron chi connectivity index (χ4n) is 3.57. The average Bonchev–Trinajstić information content (AvgIpc) is 2.95. The van der Waals surface area contributed by atoms with Crippen molar-refractivity contribution < 1.29 is 4.74 Å². The monoisotopic (exact) mass is 377 g/mol. The maximum Gasteiger partial charge on any atom is 0.119 e. The molecule has 0 aliphatic heterocycles. The Morgan fingerprint density at radius 2 is 1.88 bits per heavy atom. The van der Waals surface area contributed by atoms with E-state index in [1.165, 1.54) is 23.1 Å². The summed E-state index contributed by atoms with van der Waals surface area (Å²) in [6, 6.07) is 12.7. The summed E-state index contributed by atoms with van der Waals surface area (Å²) >= 11 is 12.3. The molecule has 3 rings (SSSR count). The third-order valence-electron chi connectivity index (χ3n) is 4.97. The van der Waals surface area contributed by atoms with Crippen LogP contribution >= 0.6 is 23.2 Å². The highest BCUT2D eigenvalue weighted by Crippen LogP contribution is 2.46. The van der Waals surface area contributed by atoms with Crippen LogP contribution in [0.25, 0.3) is 0 Å². The molecule has 0 heterocycles. The Labute approximate surface area is 160 Å². The molecule has 2 aromatic carbocycles. The van der Waals surface area contributed by atoms with Gasteiger partial charge in [-0.1, -0.05) is 49.2 Å². The molecule has 0 radical (unpaired) electrons. The van der Waals surface area contributed by atoms with Crippen LogP contribution in [0.1, 0.15) is 55.3 Å². The van der Waals surface area contributed by atoms with Gasteiger partial charge in [-0.2, -0.15) is 0 Å². The van der Waals surface area contributed by atoms with Crippen LogP contribution in [0.4, 0.5) is 0 Å². The fourth-order valence-corrected chi connectivity index (χ4v) is 3.88. The molecular formula is C21H25Cl2NO. The number of rotatable bonds is 6. The maximum absolute atomic E-state index is 6.25. The Kier molecular flexibility index (Phi) is 5.93. The zero-order valence-electron chi connectivity index (χ0n) is 15.0. The van der Waals surface area contributed by atoms with Gasteiger partial charge < -0.3 is 10.1 Å². The van der Waals surface area contributed by atoms with Gasteiger partial charge in [0.2, 0.25) is 0 Å². The second-order valence-electron chi connectivity index (χ2n) is 7.15. The zero-order valence-corrected chi connectivity index (χ0v) is 16.5. The summed E-state index contributed by atoms with van der Waals surface area (Å²) in [5, 5.41) is 4.95. The van der Waals surface area contributed by atoms with E-state index in [-0.39, 0.29) is 0 Å². The Hall–Kier alpha value is -1.22. The number of hydrogen-bond donors (Lipinski definition) is 1. The van der Waals surface area contributed by atoms with Crippen molar-refractivity contribution >= 4 is 23.2 Å². The van der Waals surface area contributed by atoms with Crippen LogP contribution < -0.4 is 10.1 Å². The van der Waals surface area contributed by atoms with Crippen molar-refractivity contribution in [1.29, 1.82) is 0 Å². The minimum Gasteiger partial charge on any atom is -0.497 e. The molecule has 0 saturated carbocycles. The normalized spacial score (nSPS) is 19.3. The van der Waals surface area contributed by atoms with Gasteiger partial charge in [-0.05, 0) is 66.3 Å². The summed E-state index contributed by atoms with van der Waals surface area (Å²) in [6.07, 6.45) is 2.20. The van der Waals surface area contributed by atoms with Crippen LogP contribution in [-0.4, -0.2) is 13.7 Å². The first-order chi connectivity index (χ1) is 12.0. The molecule has 0 amide bonds. The van der Waals surface area contributed by atoms with Crippen molar-refractivity contribution in [1.82, 2.24) is 5.32 Å². The minimum absolute atomic E-state index is 0.326. The van der Waals surface area contributed by atoms with Gasteiger partial charge in [0, 0.05) is 12.0 Å². The molecule has 0 unspecified atom stereocenters. The quantitative estimate of drug-likeness (QED) is 0.645. The molecule has 0 fully saturated rings. The number of hydrogen-bond acceptors (Lipinski definition) is 2. The van der Waals surface area contributed by atoms with Crippen LogP contribution in [-0.2, 0) is 0 Å². The molecule has 2 aromatic rings. The second kappa shape index (κ2) is 7.99. The molecule has 1 N–H and O–H groups in total. The van der Waals surface area contributed by atoms with Gasteiger partial charge in [-0.3, -0.25) is 0 Å². The number of ether oxygens (including phenoxy) is 1. The van der Waals surface area contributed by atoms with Gasteiger partial charge in [0.05, 0.1) is 17.2 Å². The van der Waals surface area contributed by atoms with E-state index in [0.717, 1.165) is 18.7 Å². The molecule has 0 saturated heterocycles. The lowest BCUT2D eigenvalue weighted by Crippen LogP contribution is -2.21. The molecule has 1 aliphatic rings. The number of nitrogens with one attached hydrogen (secondary N) is 1. The van der Waals surface area contributed by atoms with E-state index in [1.54, 1.807) is 7.11 Å². The smallest absolute Gasteiger partial charge is 0.119 e. The standard InChI is InChI=1S/C21H25Cl2NO/c1-13(2)8-9-24-21-12-17(14-4-7-19(22)20(23)10-14)16-6-5-15(25-3)11-18(16)21/h4-7,10-11,13,17,21,24H,8-9,12H2,1-3H3/t17-,21+/m0/s1. The van der Waals surface area contributed by atoms with Gasteiger partial charge in [0.15, 0.2) is 0 Å². The molecule has 1 aliphatic carbocycles. The maximum atomic E-state index is 6.25. The molecule has 0 spiro atoms. The largest absolute Gasteiger partial charge is 0.497 e. The third kappa shape index (κ3) is 4.13. The van der Waals surface area contributed by atoms with Gasteiger partial charge >= 0.3 is 0 Å². The Bertz CT molecular complexity index is 745. The van der Waals surface area contributed by atoms with E-state index >= 15 is 0 Å². The second-order valence-corrected chi connectivity index (χ2v) is 7.96. The first kappa shape index (κ1) is 18.6. The van der Waals surface area contributed by atoms with Crippen LogP contribution in [0, 0.1) is 5.92 Å². The summed E-state index contributed by atoms with van der Waals surface area (Å²) < 4.78 is 5.44. The lowest BCUT2D eigenvalue weighted by molar-refractivity contribution is 0.413. The van der Waals surface area contributed by atoms with Crippen molar-refractivity contribution in [3.8, 4) is 5.75 Å². The highest BCUT2D eigenvalue weighted by atomic mass is 35.5. The molecular weight excluding hydrogens is 353 g/mol. The van der Waals surface area contributed by atoms with Gasteiger partial charge in [0.1, 0.15) is 5.75 Å². The SMILES string of the molecule is COc1ccc2c(c1)[C@H](NCCC(C)C)C[C@H]2c1ccc(Cl)c(Cl)c1. The summed E-state index contributed by atoms with van der Waals surface area (Å²) in [5.74, 6) is 1.93. The van der Waals surface area contributed by atoms with Crippen LogP contribution in [0.3, 0.4) is 0 Å². The molecule has 25 heavy (non-hydrogen) atoms. The Balaban J connectivity index is 1.90. The van der Waals surface area contributed by atoms with Crippen molar-refractivity contribution in [2.24, 2.45) is 5.92 Å². The van der Waals surface area contributed by atoms with E-state index in [1.807, 2.05) is 18.2 Å². The van der Waals surface area contributed by atoms with Crippen molar-refractivity contribution in [2.75, 3.05) is 13.7 Å². The van der Waals surface area contributed by atoms with E-state index in [9.17, 15) is 0 Å². The van der Waals surface area contributed by atoms with Crippen LogP contribution in [0.15, 0.2) is 36.4 Å². The predicted octanol–water partition coefficient (Wildman–Crippen LogP) is 6.21. The number of methoxy groups -OCH3 is 1. The summed E-state index contributed by atoms with van der Waals surface area (Å²) in [4.78, 5) is 0. The first-order valence-corrected chi connectivity index (χ1v) is 9.61. The predicted molar refractivity (Wildman–Crippen MR) is 106 cm³/mol. The third-order valence-corrected chi connectivity index (χ3v) is 5.71. The highest BCUT2D eigenvalue weighted by molar-refractivity contribution is 6.42. The molecule has 0 bridgehead atoms. The molecule has 2 nitrogen and oxygen atoms in total. The molecule has 2 atom stereocenters. The first-order valence-electron chi connectivity index (χ1n) is 8.85. The lowest BCUT2D eigenvalue weighted by atomic mass is 9.93. The van der Waals surface area contributed by atoms with Gasteiger partial charge in [-0.25, -0.2) is 0 Å². The zero-order chi connectivity index (χ0) is 18.0. The van der Waals surface area contributed by atoms with E-state index in [2.05, 4.69) is 37.4 Å². The van der Waals surface area contributed by atoms with Crippen molar-refractivity contribution in [3.63, 3.8) is 0 Å². The number of fused-ring (bicyclic) bond motifs is 1. The Morgan fingerprint density at radius 1 is 1.08 bits per heavy atom. The molecule has 134 valence electrons. The summed E-state index contributed by atoms with van der Waals surface area (Å²) in [5.41, 5.74) is 3.90. The van der Waals surface area contributed by atoms with Crippen molar-refractivity contribution in [3.05, 3.63) is 63.1 Å². The van der Waals surface area contributed by atoms with Crippen LogP contribution in [0.5, 0.6) is 5.75 Å². The minimum atomic E-state index is 0.326. The number of halogens is 2. The molecule has 0 aromatic heterocycles. The van der Waals surface area contributed by atoms with Gasteiger partial charge in [-0.15, -0.1) is 0 Å². The highest BCUT2D eigenvalue weighted by Gasteiger charge is 2.32. The Morgan fingerprint density at radius 3 is 2.56 bits per heavy atom. The summed E-state index contributed by atoms with van der Waals surface area (Å²) in [7, 11) is 1.72. The topological polar surface area (TPSA) is 21.3 Å². The number of benzene rings is 2. The fraction of sp³-hybridized carbons (Fsp3) is 0.429. The van der Waals surface area contributed by atoms with Crippen molar-refractivity contribution in [2.45, 2.75) is 38.6 Å². The average molecular weight is 378 g/mol. The van der Waals surface area contributed by atoms with Gasteiger partial charge in [0.25, 0.3) is 0 Å². The molecule has 4 heteroatoms. The summed E-state index contributed by atoms with van der Waals surface area (Å²) in [6.45, 7) is 5.53. The van der Waals surface area contributed by atoms with E-state index in [4.69, 9.17) is 27.9 Å². The van der Waals surface area contributed by atoms with E-state index < -0.39 is 0 Å². The lowest BCUT2D eigenvalue weighted by Gasteiger charge is -2.16. The van der Waals surface area contributed by atoms with Crippen LogP contribution in [0.2, 0.25) is 10.0 Å². The van der Waals surface area contributed by atoms with E-state index in [0.29, 0.717) is 27.9 Å².